The Hall–Kier alpha value is -5.57. The van der Waals surface area contributed by atoms with Crippen molar-refractivity contribution in [3.8, 4) is 5.75 Å². The predicted octanol–water partition coefficient (Wildman–Crippen LogP) is 1.77. The van der Waals surface area contributed by atoms with Crippen LogP contribution >= 0.6 is 0 Å². The maximum atomic E-state index is 13.7. The maximum absolute atomic E-state index is 13.7. The zero-order valence-corrected chi connectivity index (χ0v) is 63.7. The average molecular weight is 1550 g/mol. The molecule has 0 spiro atoms. The number of amides is 4. The Bertz CT molecular complexity index is 2470. The molecule has 0 aromatic heterocycles. The van der Waals surface area contributed by atoms with Crippen molar-refractivity contribution in [3.63, 3.8) is 0 Å². The molecular weight excluding hydrogens is 1430 g/mol. The number of esters is 1. The zero-order valence-electron chi connectivity index (χ0n) is 63.7. The van der Waals surface area contributed by atoms with E-state index >= 15 is 0 Å². The lowest BCUT2D eigenvalue weighted by Crippen LogP contribution is -2.61. The summed E-state index contributed by atoms with van der Waals surface area (Å²) in [5, 5.41) is 46.5. The number of aliphatic hydroxyl groups excluding tert-OH is 3. The van der Waals surface area contributed by atoms with Crippen LogP contribution in [0.15, 0.2) is 18.2 Å². The molecule has 1 aromatic carbocycles. The Balaban J connectivity index is 1.57. The van der Waals surface area contributed by atoms with E-state index in [1.165, 1.54) is 25.1 Å². The average Bonchev–Trinajstić information content (AvgIpc) is 0.798. The number of imide groups is 1. The monoisotopic (exact) mass is 1550 g/mol. The molecule has 0 unspecified atom stereocenters. The van der Waals surface area contributed by atoms with Crippen LogP contribution in [0, 0.1) is 0 Å². The van der Waals surface area contributed by atoms with Crippen LogP contribution in [0.5, 0.6) is 5.75 Å². The minimum Gasteiger partial charge on any atom is -0.479 e. The smallest absolute Gasteiger partial charge is 0.444 e. The number of hydrogen-bond donors (Lipinski definition) is 6. The topological polar surface area (TPSA) is 440 Å². The van der Waals surface area contributed by atoms with Gasteiger partial charge in [-0.3, -0.25) is 24.0 Å². The highest BCUT2D eigenvalue weighted by Gasteiger charge is 2.48. The molecule has 37 heteroatoms. The predicted molar refractivity (Wildman–Crippen MR) is 374 cm³/mol. The van der Waals surface area contributed by atoms with Crippen molar-refractivity contribution < 1.29 is 163 Å². The van der Waals surface area contributed by atoms with E-state index in [2.05, 4.69) is 10.6 Å². The molecule has 1 aliphatic heterocycles. The van der Waals surface area contributed by atoms with Gasteiger partial charge in [0, 0.05) is 33.6 Å². The molecule has 37 nitrogen and oxygen atoms in total. The van der Waals surface area contributed by atoms with E-state index in [-0.39, 0.29) is 95.9 Å². The van der Waals surface area contributed by atoms with Gasteiger partial charge in [-0.05, 0) is 84.9 Å². The zero-order chi connectivity index (χ0) is 78.6. The van der Waals surface area contributed by atoms with E-state index < -0.39 is 83.9 Å². The van der Waals surface area contributed by atoms with Gasteiger partial charge in [0.25, 0.3) is 5.91 Å². The number of aliphatic carboxylic acids is 1. The maximum Gasteiger partial charge on any atom is 0.444 e. The number of methoxy groups -OCH3 is 1. The quantitative estimate of drug-likeness (QED) is 0.0234. The summed E-state index contributed by atoms with van der Waals surface area (Å²) < 4.78 is 120. The standard InChI is InChI=1S/C70H121N3O34/c1-53(74)102-51-54-14-15-58(104-66-62(79)60(77)61(78)63(105-66)65(81)82)55(50-54)64(80)71-16-10-9-12-56(72-59(76)52-101-47-46-99-43-42-97-27-26-89-23-22-87-19-18-85-8)57(75)13-11-17-86-20-21-88-24-25-90-28-29-91-30-31-92-32-33-93-34-35-94-36-37-95-38-39-96-40-41-98-44-45-100-48-49-103-73(67(83)106-69(2,3)4)68(84)107-70(5,6)7/h14-15,50,56,60-63,66,77-79H,9-13,16-49,51-52H2,1-8H3,(H,71,80)(H,72,76)(H,81,82)/t56-,60-,61-,62+,63-,66+/m0/s1. The summed E-state index contributed by atoms with van der Waals surface area (Å²) in [4.78, 5) is 93.8. The SMILES string of the molecule is COCCOCCOCCOCCOCCOCC(=O)N[C@@H](CCCCNC(=O)c1cc(COC(C)=O)ccc1O[C@@H]1O[C@H](C(=O)O)[C@@H](O)[C@H](O)[C@H]1O)C(=O)CCCOCCOCCOCCOCCOCCOCCOCCOCCOCCOCCOCCON(C(=O)OC(C)(C)C)C(=O)OC(C)(C)C. The fourth-order valence-electron chi connectivity index (χ4n) is 8.71. The van der Waals surface area contributed by atoms with E-state index in [9.17, 15) is 54.0 Å². The van der Waals surface area contributed by atoms with Crippen molar-refractivity contribution >= 4 is 41.7 Å². The number of nitrogens with one attached hydrogen (secondary N) is 2. The normalized spacial score (nSPS) is 16.3. The molecule has 107 heavy (non-hydrogen) atoms. The first-order valence-corrected chi connectivity index (χ1v) is 36.0. The Kier molecular flexibility index (Phi) is 56.6. The number of unbranched alkanes of at least 4 members (excludes halogenated alkanes) is 1. The lowest BCUT2D eigenvalue weighted by molar-refractivity contribution is -0.271. The minimum atomic E-state index is -1.98. The number of benzene rings is 1. The number of carboxylic acids is 1. The summed E-state index contributed by atoms with van der Waals surface area (Å²) in [5.41, 5.74) is -1.45. The Morgan fingerprint density at radius 3 is 1.28 bits per heavy atom. The Morgan fingerprint density at radius 2 is 0.888 bits per heavy atom. The Labute approximate surface area is 627 Å². The second kappa shape index (κ2) is 62.1. The number of aliphatic hydroxyl groups is 3. The van der Waals surface area contributed by atoms with Crippen molar-refractivity contribution in [2.45, 2.75) is 135 Å². The molecule has 0 saturated carbocycles. The molecule has 0 aliphatic carbocycles. The first kappa shape index (κ1) is 97.5. The van der Waals surface area contributed by atoms with Crippen LogP contribution in [-0.4, -0.2) is 353 Å². The lowest BCUT2D eigenvalue weighted by Gasteiger charge is -2.38. The van der Waals surface area contributed by atoms with E-state index in [0.717, 1.165) is 0 Å². The number of carbonyl (C=O) groups is 7. The summed E-state index contributed by atoms with van der Waals surface area (Å²) >= 11 is 0. The van der Waals surface area contributed by atoms with E-state index in [0.29, 0.717) is 202 Å². The fraction of sp³-hybridized carbons (Fsp3) is 0.814. The number of carboxylic acid groups (broad SMARTS) is 1. The largest absolute Gasteiger partial charge is 0.479 e. The van der Waals surface area contributed by atoms with Crippen LogP contribution in [0.25, 0.3) is 0 Å². The number of ketones is 1. The van der Waals surface area contributed by atoms with Crippen LogP contribution in [0.4, 0.5) is 9.59 Å². The number of Topliss-reactive ketones (excluding diaryl/α,β-unsaturated/α-hetero) is 1. The summed E-state index contributed by atoms with van der Waals surface area (Å²) in [7, 11) is 1.60. The number of hydrogen-bond acceptors (Lipinski definition) is 33. The number of nitrogens with zero attached hydrogens (tertiary/aromatic N) is 1. The molecule has 4 amide bonds. The minimum absolute atomic E-state index is 0.0705. The van der Waals surface area contributed by atoms with Crippen LogP contribution in [0.1, 0.15) is 96.5 Å². The molecule has 0 bridgehead atoms. The van der Waals surface area contributed by atoms with Gasteiger partial charge >= 0.3 is 24.1 Å². The highest BCUT2D eigenvalue weighted by molar-refractivity contribution is 5.97. The van der Waals surface area contributed by atoms with Gasteiger partial charge in [0.2, 0.25) is 12.2 Å². The molecule has 6 atom stereocenters. The number of carbonyl (C=O) groups excluding carboxylic acids is 6. The van der Waals surface area contributed by atoms with Crippen molar-refractivity contribution in [2.75, 3.05) is 238 Å². The third-order valence-corrected chi connectivity index (χ3v) is 13.9. The first-order chi connectivity index (χ1) is 51.4. The van der Waals surface area contributed by atoms with E-state index in [4.69, 9.17) is 109 Å². The summed E-state index contributed by atoms with van der Waals surface area (Å²) in [5.74, 6) is -3.87. The third-order valence-electron chi connectivity index (χ3n) is 13.9. The number of rotatable bonds is 68. The van der Waals surface area contributed by atoms with Gasteiger partial charge in [0.1, 0.15) is 48.5 Å². The molecule has 1 aliphatic rings. The number of ether oxygens (including phenoxy) is 22. The van der Waals surface area contributed by atoms with Gasteiger partial charge in [-0.15, -0.1) is 0 Å². The lowest BCUT2D eigenvalue weighted by atomic mass is 9.99. The van der Waals surface area contributed by atoms with Gasteiger partial charge < -0.3 is 135 Å². The van der Waals surface area contributed by atoms with Gasteiger partial charge in [-0.2, -0.15) is 0 Å². The van der Waals surface area contributed by atoms with Gasteiger partial charge in [0.15, 0.2) is 11.9 Å². The molecule has 6 N–H and O–H groups in total. The molecule has 1 fully saturated rings. The highest BCUT2D eigenvalue weighted by Crippen LogP contribution is 2.28. The van der Waals surface area contributed by atoms with Crippen LogP contribution < -0.4 is 15.4 Å². The molecular formula is C70H121N3O34. The second-order valence-corrected chi connectivity index (χ2v) is 25.2. The molecule has 2 rings (SSSR count). The van der Waals surface area contributed by atoms with E-state index in [1.54, 1.807) is 48.7 Å². The van der Waals surface area contributed by atoms with Crippen molar-refractivity contribution in [1.29, 1.82) is 0 Å². The summed E-state index contributed by atoms with van der Waals surface area (Å²) in [6.45, 7) is 21.9. The van der Waals surface area contributed by atoms with Crippen LogP contribution in [0.2, 0.25) is 0 Å². The molecule has 620 valence electrons. The van der Waals surface area contributed by atoms with E-state index in [1.807, 2.05) is 0 Å². The first-order valence-electron chi connectivity index (χ1n) is 36.0. The van der Waals surface area contributed by atoms with Crippen molar-refractivity contribution in [3.05, 3.63) is 29.3 Å². The number of hydroxylamine groups is 2. The molecule has 0 radical (unpaired) electrons. The highest BCUT2D eigenvalue weighted by atomic mass is 16.8. The van der Waals surface area contributed by atoms with Crippen molar-refractivity contribution in [2.24, 2.45) is 0 Å². The molecule has 1 saturated heterocycles. The Morgan fingerprint density at radius 1 is 0.495 bits per heavy atom. The molecule has 1 heterocycles. The fourth-order valence-corrected chi connectivity index (χ4v) is 8.71. The second-order valence-electron chi connectivity index (χ2n) is 25.2. The van der Waals surface area contributed by atoms with Gasteiger partial charge in [-0.25, -0.2) is 14.4 Å². The van der Waals surface area contributed by atoms with Crippen LogP contribution in [0.3, 0.4) is 0 Å². The van der Waals surface area contributed by atoms with Gasteiger partial charge in [-0.1, -0.05) is 11.1 Å². The third kappa shape index (κ3) is 52.3. The van der Waals surface area contributed by atoms with Crippen molar-refractivity contribution in [1.82, 2.24) is 15.7 Å². The molecule has 1 aromatic rings. The summed E-state index contributed by atoms with van der Waals surface area (Å²) in [6, 6.07) is 3.21. The summed E-state index contributed by atoms with van der Waals surface area (Å²) in [6.07, 6.45) is -10.3. The van der Waals surface area contributed by atoms with Crippen LogP contribution in [-0.2, 0) is 130 Å². The van der Waals surface area contributed by atoms with Gasteiger partial charge in [0.05, 0.1) is 223 Å².